The van der Waals surface area contributed by atoms with Crippen molar-refractivity contribution in [1.82, 2.24) is 4.98 Å². The molecule has 0 bridgehead atoms. The average molecular weight is 255 g/mol. The third-order valence-corrected chi connectivity index (χ3v) is 3.12. The largest absolute Gasteiger partial charge is 0.496 e. The number of H-pyrrole nitrogens is 1. The van der Waals surface area contributed by atoms with Crippen molar-refractivity contribution in [3.05, 3.63) is 53.6 Å². The van der Waals surface area contributed by atoms with Gasteiger partial charge in [0.25, 0.3) is 0 Å². The molecule has 0 aliphatic carbocycles. The number of benzene rings is 1. The Kier molecular flexibility index (Phi) is 2.63. The lowest BCUT2D eigenvalue weighted by molar-refractivity contribution is 0.103. The first kappa shape index (κ1) is 11.6. The maximum atomic E-state index is 12.5. The van der Waals surface area contributed by atoms with Crippen molar-refractivity contribution < 1.29 is 13.9 Å². The van der Waals surface area contributed by atoms with Crippen molar-refractivity contribution >= 4 is 16.7 Å². The van der Waals surface area contributed by atoms with Crippen LogP contribution < -0.4 is 4.74 Å². The number of ketones is 1. The Morgan fingerprint density at radius 1 is 1.37 bits per heavy atom. The third-order valence-electron chi connectivity index (χ3n) is 3.12. The highest BCUT2D eigenvalue weighted by atomic mass is 16.5. The molecule has 0 aliphatic rings. The van der Waals surface area contributed by atoms with Gasteiger partial charge < -0.3 is 14.1 Å². The molecule has 0 radical (unpaired) electrons. The maximum Gasteiger partial charge on any atom is 0.198 e. The molecule has 0 amide bonds. The monoisotopic (exact) mass is 255 g/mol. The van der Waals surface area contributed by atoms with Crippen LogP contribution in [0.3, 0.4) is 0 Å². The first-order valence-corrected chi connectivity index (χ1v) is 5.94. The number of aromatic amines is 1. The van der Waals surface area contributed by atoms with E-state index in [1.165, 1.54) is 6.26 Å². The van der Waals surface area contributed by atoms with Gasteiger partial charge in [0.15, 0.2) is 5.78 Å². The van der Waals surface area contributed by atoms with Gasteiger partial charge in [0.05, 0.1) is 23.6 Å². The van der Waals surface area contributed by atoms with E-state index in [2.05, 4.69) is 4.98 Å². The summed E-state index contributed by atoms with van der Waals surface area (Å²) < 4.78 is 10.5. The van der Waals surface area contributed by atoms with Crippen LogP contribution in [0.25, 0.3) is 10.9 Å². The summed E-state index contributed by atoms with van der Waals surface area (Å²) in [7, 11) is 1.60. The number of hydrogen-bond acceptors (Lipinski definition) is 3. The first-order valence-electron chi connectivity index (χ1n) is 5.94. The second kappa shape index (κ2) is 4.31. The topological polar surface area (TPSA) is 55.2 Å². The van der Waals surface area contributed by atoms with Gasteiger partial charge in [-0.25, -0.2) is 0 Å². The Hall–Kier alpha value is -2.49. The number of methoxy groups -OCH3 is 1. The SMILES string of the molecule is COc1cccc2[nH]cc(C(=O)c3coc(C)c3)c12. The van der Waals surface area contributed by atoms with Gasteiger partial charge >= 0.3 is 0 Å². The molecular formula is C15H13NO3. The van der Waals surface area contributed by atoms with Crippen molar-refractivity contribution in [2.45, 2.75) is 6.92 Å². The van der Waals surface area contributed by atoms with E-state index in [1.807, 2.05) is 25.1 Å². The third kappa shape index (κ3) is 1.81. The molecule has 1 aromatic carbocycles. The summed E-state index contributed by atoms with van der Waals surface area (Å²) in [5.41, 5.74) is 2.01. The summed E-state index contributed by atoms with van der Waals surface area (Å²) in [6, 6.07) is 7.37. The van der Waals surface area contributed by atoms with Gasteiger partial charge in [-0.2, -0.15) is 0 Å². The van der Waals surface area contributed by atoms with E-state index < -0.39 is 0 Å². The Bertz CT molecular complexity index is 752. The molecule has 19 heavy (non-hydrogen) atoms. The highest BCUT2D eigenvalue weighted by Crippen LogP contribution is 2.30. The maximum absolute atomic E-state index is 12.5. The zero-order valence-electron chi connectivity index (χ0n) is 10.7. The normalized spacial score (nSPS) is 10.8. The summed E-state index contributed by atoms with van der Waals surface area (Å²) >= 11 is 0. The molecule has 3 rings (SSSR count). The van der Waals surface area contributed by atoms with Crippen LogP contribution in [0.5, 0.6) is 5.75 Å². The van der Waals surface area contributed by atoms with Gasteiger partial charge in [-0.05, 0) is 25.1 Å². The van der Waals surface area contributed by atoms with Crippen molar-refractivity contribution in [3.8, 4) is 5.75 Å². The van der Waals surface area contributed by atoms with E-state index in [4.69, 9.17) is 9.15 Å². The molecular weight excluding hydrogens is 242 g/mol. The van der Waals surface area contributed by atoms with Gasteiger partial charge in [-0.1, -0.05) is 6.07 Å². The molecule has 0 fully saturated rings. The fourth-order valence-corrected chi connectivity index (χ4v) is 2.22. The number of nitrogens with one attached hydrogen (secondary N) is 1. The van der Waals surface area contributed by atoms with Gasteiger partial charge in [-0.15, -0.1) is 0 Å². The summed E-state index contributed by atoms with van der Waals surface area (Å²) in [5.74, 6) is 1.32. The fraction of sp³-hybridized carbons (Fsp3) is 0.133. The predicted molar refractivity (Wildman–Crippen MR) is 71.7 cm³/mol. The van der Waals surface area contributed by atoms with E-state index in [9.17, 15) is 4.79 Å². The van der Waals surface area contributed by atoms with Crippen LogP contribution in [0.15, 0.2) is 41.1 Å². The molecule has 0 unspecified atom stereocenters. The number of hydrogen-bond donors (Lipinski definition) is 1. The number of carbonyl (C=O) groups excluding carboxylic acids is 1. The zero-order valence-corrected chi connectivity index (χ0v) is 10.7. The number of aryl methyl sites for hydroxylation is 1. The van der Waals surface area contributed by atoms with E-state index in [0.29, 0.717) is 16.9 Å². The van der Waals surface area contributed by atoms with Crippen LogP contribution >= 0.6 is 0 Å². The molecule has 0 spiro atoms. The molecule has 0 atom stereocenters. The lowest BCUT2D eigenvalue weighted by Gasteiger charge is -2.03. The van der Waals surface area contributed by atoms with Crippen molar-refractivity contribution in [3.63, 3.8) is 0 Å². The second-order valence-corrected chi connectivity index (χ2v) is 4.36. The van der Waals surface area contributed by atoms with Crippen LogP contribution in [0.1, 0.15) is 21.7 Å². The van der Waals surface area contributed by atoms with Gasteiger partial charge in [0.1, 0.15) is 17.8 Å². The molecule has 1 N–H and O–H groups in total. The summed E-state index contributed by atoms with van der Waals surface area (Å²) in [4.78, 5) is 15.6. The first-order chi connectivity index (χ1) is 9.20. The van der Waals surface area contributed by atoms with Crippen LogP contribution in [0.2, 0.25) is 0 Å². The molecule has 0 aliphatic heterocycles. The highest BCUT2D eigenvalue weighted by molar-refractivity contribution is 6.17. The predicted octanol–water partition coefficient (Wildman–Crippen LogP) is 3.31. The van der Waals surface area contributed by atoms with Crippen LogP contribution in [0, 0.1) is 6.92 Å². The van der Waals surface area contributed by atoms with E-state index in [1.54, 1.807) is 19.4 Å². The van der Waals surface area contributed by atoms with Gasteiger partial charge in [0.2, 0.25) is 0 Å². The fourth-order valence-electron chi connectivity index (χ4n) is 2.22. The lowest BCUT2D eigenvalue weighted by Crippen LogP contribution is -1.99. The zero-order chi connectivity index (χ0) is 13.4. The van der Waals surface area contributed by atoms with Crippen molar-refractivity contribution in [2.75, 3.05) is 7.11 Å². The lowest BCUT2D eigenvalue weighted by atomic mass is 10.0. The second-order valence-electron chi connectivity index (χ2n) is 4.36. The summed E-state index contributed by atoms with van der Waals surface area (Å²) in [5, 5.41) is 0.800. The number of ether oxygens (including phenoxy) is 1. The van der Waals surface area contributed by atoms with Crippen LogP contribution in [-0.4, -0.2) is 17.9 Å². The Balaban J connectivity index is 2.18. The summed E-state index contributed by atoms with van der Waals surface area (Å²) in [6.07, 6.45) is 3.18. The number of rotatable bonds is 3. The van der Waals surface area contributed by atoms with Crippen LogP contribution in [-0.2, 0) is 0 Å². The quantitative estimate of drug-likeness (QED) is 0.730. The Labute approximate surface area is 110 Å². The summed E-state index contributed by atoms with van der Waals surface area (Å²) in [6.45, 7) is 1.81. The smallest absolute Gasteiger partial charge is 0.198 e. The molecule has 96 valence electrons. The number of aromatic nitrogens is 1. The van der Waals surface area contributed by atoms with Crippen molar-refractivity contribution in [2.24, 2.45) is 0 Å². The minimum absolute atomic E-state index is 0.0763. The minimum atomic E-state index is -0.0763. The van der Waals surface area contributed by atoms with Crippen LogP contribution in [0.4, 0.5) is 0 Å². The average Bonchev–Trinajstić information content (AvgIpc) is 3.03. The molecule has 3 aromatic rings. The highest BCUT2D eigenvalue weighted by Gasteiger charge is 2.18. The van der Waals surface area contributed by atoms with E-state index in [-0.39, 0.29) is 5.78 Å². The van der Waals surface area contributed by atoms with E-state index in [0.717, 1.165) is 16.7 Å². The molecule has 0 saturated heterocycles. The number of furan rings is 1. The molecule has 2 aromatic heterocycles. The minimum Gasteiger partial charge on any atom is -0.496 e. The molecule has 0 saturated carbocycles. The van der Waals surface area contributed by atoms with E-state index >= 15 is 0 Å². The Morgan fingerprint density at radius 3 is 2.89 bits per heavy atom. The number of carbonyl (C=O) groups is 1. The van der Waals surface area contributed by atoms with Gasteiger partial charge in [-0.3, -0.25) is 4.79 Å². The molecule has 4 nitrogen and oxygen atoms in total. The molecule has 4 heteroatoms. The van der Waals surface area contributed by atoms with Gasteiger partial charge in [0, 0.05) is 11.7 Å². The van der Waals surface area contributed by atoms with Crippen molar-refractivity contribution in [1.29, 1.82) is 0 Å². The molecule has 2 heterocycles. The standard InChI is InChI=1S/C15H13NO3/c1-9-6-10(8-19-9)15(17)11-7-16-12-4-3-5-13(18-2)14(11)12/h3-8,16H,1-2H3. The Morgan fingerprint density at radius 2 is 2.21 bits per heavy atom. The number of fused-ring (bicyclic) bond motifs is 1.